The molecule has 1 aliphatic heterocycles. The predicted molar refractivity (Wildman–Crippen MR) is 184 cm³/mol. The van der Waals surface area contributed by atoms with E-state index in [2.05, 4.69) is 33.9 Å². The number of anilines is 1. The van der Waals surface area contributed by atoms with Crippen molar-refractivity contribution in [3.63, 3.8) is 0 Å². The summed E-state index contributed by atoms with van der Waals surface area (Å²) >= 11 is 12.1. The molecule has 3 rings (SSSR count). The van der Waals surface area contributed by atoms with Gasteiger partial charge in [0.05, 0.1) is 26.9 Å². The number of methoxy groups -OCH3 is 2. The maximum Gasteiger partial charge on any atom is 0.302 e. The van der Waals surface area contributed by atoms with Crippen molar-refractivity contribution >= 4 is 54.7 Å². The first kappa shape index (κ1) is 36.8. The third kappa shape index (κ3) is 8.77. The van der Waals surface area contributed by atoms with E-state index in [1.165, 1.54) is 6.92 Å². The van der Waals surface area contributed by atoms with E-state index in [9.17, 15) is 9.59 Å². The Hall–Kier alpha value is -2.70. The number of amides is 1. The van der Waals surface area contributed by atoms with Crippen molar-refractivity contribution in [2.45, 2.75) is 84.4 Å². The lowest BCUT2D eigenvalue weighted by atomic mass is 9.92. The van der Waals surface area contributed by atoms with E-state index in [-0.39, 0.29) is 35.5 Å². The van der Waals surface area contributed by atoms with E-state index in [0.717, 1.165) is 0 Å². The molecule has 1 unspecified atom stereocenters. The van der Waals surface area contributed by atoms with Crippen LogP contribution in [0.2, 0.25) is 23.2 Å². The molecule has 0 saturated heterocycles. The molecule has 1 heterocycles. The molecule has 1 amide bonds. The third-order valence-corrected chi connectivity index (χ3v) is 13.3. The number of nitrogens with zero attached hydrogens (tertiary/aromatic N) is 1. The van der Waals surface area contributed by atoms with Gasteiger partial charge in [-0.15, -0.1) is 0 Å². The predicted octanol–water partition coefficient (Wildman–Crippen LogP) is 6.83. The lowest BCUT2D eigenvalue weighted by molar-refractivity contribution is -0.143. The Bertz CT molecular complexity index is 1410. The highest BCUT2D eigenvalue weighted by molar-refractivity contribution is 7.80. The zero-order valence-electron chi connectivity index (χ0n) is 28.0. The van der Waals surface area contributed by atoms with Crippen molar-refractivity contribution in [3.05, 3.63) is 52.5 Å². The lowest BCUT2D eigenvalue weighted by Crippen LogP contribution is -2.51. The summed E-state index contributed by atoms with van der Waals surface area (Å²) in [5.41, 5.74) is 7.57. The molecule has 0 bridgehead atoms. The van der Waals surface area contributed by atoms with Gasteiger partial charge < -0.3 is 34.0 Å². The van der Waals surface area contributed by atoms with Gasteiger partial charge in [0.25, 0.3) is 5.91 Å². The molecule has 45 heavy (non-hydrogen) atoms. The Kier molecular flexibility index (Phi) is 11.7. The number of para-hydroxylation sites is 1. The van der Waals surface area contributed by atoms with Crippen LogP contribution in [0.4, 0.5) is 5.69 Å². The minimum atomic E-state index is -2.36. The summed E-state index contributed by atoms with van der Waals surface area (Å²) < 4.78 is 30.3. The van der Waals surface area contributed by atoms with Crippen LogP contribution in [0.25, 0.3) is 0 Å². The number of fused-ring (bicyclic) bond motifs is 1. The highest BCUT2D eigenvalue weighted by Gasteiger charge is 2.44. The van der Waals surface area contributed by atoms with Crippen molar-refractivity contribution in [1.82, 2.24) is 0 Å². The fraction of sp³-hybridized carbons (Fsp3) is 0.545. The fourth-order valence-corrected chi connectivity index (χ4v) is 6.67. The minimum Gasteiger partial charge on any atom is -0.493 e. The van der Waals surface area contributed by atoms with Gasteiger partial charge in [-0.25, -0.2) is 0 Å². The lowest BCUT2D eigenvalue weighted by Gasteiger charge is -2.40. The van der Waals surface area contributed by atoms with Crippen molar-refractivity contribution in [2.24, 2.45) is 11.1 Å². The summed E-state index contributed by atoms with van der Waals surface area (Å²) in [6.45, 7) is 16.2. The third-order valence-electron chi connectivity index (χ3n) is 8.36. The first-order valence-corrected chi connectivity index (χ1v) is 18.6. The van der Waals surface area contributed by atoms with Gasteiger partial charge in [-0.05, 0) is 42.4 Å². The molecule has 2 N–H and O–H groups in total. The number of nitrogens with two attached hydrogens (primary N) is 1. The number of rotatable bonds is 12. The summed E-state index contributed by atoms with van der Waals surface area (Å²) in [4.78, 5) is 28.2. The van der Waals surface area contributed by atoms with Gasteiger partial charge in [-0.3, -0.25) is 9.59 Å². The molecule has 0 saturated carbocycles. The van der Waals surface area contributed by atoms with Gasteiger partial charge in [0, 0.05) is 47.1 Å². The molecule has 2 aromatic rings. The van der Waals surface area contributed by atoms with Crippen molar-refractivity contribution < 1.29 is 33.0 Å². The largest absolute Gasteiger partial charge is 0.493 e. The number of carbonyl (C=O) groups is 2. The summed E-state index contributed by atoms with van der Waals surface area (Å²) in [5.74, 6) is 0.273. The summed E-state index contributed by atoms with van der Waals surface area (Å²) in [6, 6.07) is 10.8. The molecule has 2 aromatic carbocycles. The molecule has 0 spiro atoms. The first-order valence-electron chi connectivity index (χ1n) is 14.9. The molecule has 0 fully saturated rings. The van der Waals surface area contributed by atoms with E-state index in [1.54, 1.807) is 43.4 Å². The second-order valence-corrected chi connectivity index (χ2v) is 19.3. The minimum absolute atomic E-state index is 0.0893. The number of ether oxygens (including phenoxy) is 4. The van der Waals surface area contributed by atoms with Crippen molar-refractivity contribution in [2.75, 3.05) is 32.3 Å². The number of hydrogen-bond acceptors (Lipinski definition) is 8. The van der Waals surface area contributed by atoms with E-state index in [4.69, 9.17) is 52.9 Å². The van der Waals surface area contributed by atoms with Crippen molar-refractivity contribution in [3.8, 4) is 11.5 Å². The second kappa shape index (κ2) is 14.4. The van der Waals surface area contributed by atoms with Gasteiger partial charge in [-0.1, -0.05) is 70.6 Å². The second-order valence-electron chi connectivity index (χ2n) is 13.7. The average molecular weight is 679 g/mol. The average Bonchev–Trinajstić information content (AvgIpc) is 3.04. The van der Waals surface area contributed by atoms with Crippen LogP contribution in [0.15, 0.2) is 36.4 Å². The summed E-state index contributed by atoms with van der Waals surface area (Å²) in [6.07, 6.45) is -2.45. The van der Waals surface area contributed by atoms with Crippen LogP contribution in [-0.4, -0.2) is 64.8 Å². The zero-order chi connectivity index (χ0) is 33.9. The van der Waals surface area contributed by atoms with Gasteiger partial charge in [0.1, 0.15) is 17.2 Å². The number of hydrogen-bond donors (Lipinski definition) is 1. The molecule has 1 aliphatic rings. The van der Waals surface area contributed by atoms with Crippen molar-refractivity contribution in [1.29, 1.82) is 0 Å². The molecule has 0 aliphatic carbocycles. The maximum atomic E-state index is 14.7. The molecular formula is C33H47ClN2O7SSi. The molecule has 248 valence electrons. The maximum absolute atomic E-state index is 14.7. The smallest absolute Gasteiger partial charge is 0.302 e. The highest BCUT2D eigenvalue weighted by Crippen LogP contribution is 2.46. The number of benzene rings is 2. The topological polar surface area (TPSA) is 110 Å². The normalized spacial score (nSPS) is 18.1. The standard InChI is InChI=1S/C33H47ClN2O7SSi/c1-20(37)41-19-33(5,6)18-36-24-15-14-21(34)16-23(24)28(22-12-11-13-25(39-7)29(22)40-8)42-27(31(36)38)17-26(30(35)44)43-45(9,10)32(2,3)4/h11-16,26-28H,17-19H2,1-10H3,(H2,35,44)/t26?,27-,28-/m1/s1. The van der Waals surface area contributed by atoms with Crippen LogP contribution in [-0.2, 0) is 23.5 Å². The molecule has 12 heteroatoms. The number of esters is 1. The Labute approximate surface area is 278 Å². The van der Waals surface area contributed by atoms with E-state index < -0.39 is 38.0 Å². The number of carbonyl (C=O) groups excluding carboxylic acids is 2. The fourth-order valence-electron chi connectivity index (χ4n) is 4.97. The molecular weight excluding hydrogens is 632 g/mol. The van der Waals surface area contributed by atoms with Gasteiger partial charge in [-0.2, -0.15) is 0 Å². The van der Waals surface area contributed by atoms with E-state index in [0.29, 0.717) is 33.3 Å². The van der Waals surface area contributed by atoms with E-state index in [1.807, 2.05) is 26.0 Å². The highest BCUT2D eigenvalue weighted by atomic mass is 35.5. The molecule has 0 radical (unpaired) electrons. The first-order chi connectivity index (χ1) is 20.8. The Morgan fingerprint density at radius 3 is 2.33 bits per heavy atom. The van der Waals surface area contributed by atoms with E-state index >= 15 is 0 Å². The quantitative estimate of drug-likeness (QED) is 0.147. The Morgan fingerprint density at radius 1 is 1.11 bits per heavy atom. The summed E-state index contributed by atoms with van der Waals surface area (Å²) in [7, 11) is 0.759. The van der Waals surface area contributed by atoms with Crippen LogP contribution in [0.1, 0.15) is 65.2 Å². The van der Waals surface area contributed by atoms with Gasteiger partial charge >= 0.3 is 5.97 Å². The van der Waals surface area contributed by atoms with Gasteiger partial charge in [0.2, 0.25) is 0 Å². The molecule has 0 aromatic heterocycles. The van der Waals surface area contributed by atoms with Crippen LogP contribution in [0.5, 0.6) is 11.5 Å². The Balaban J connectivity index is 2.23. The Morgan fingerprint density at radius 2 is 1.78 bits per heavy atom. The SMILES string of the molecule is COc1cccc([C@H]2O[C@H](CC(O[Si](C)(C)C(C)(C)C)C(N)=S)C(=O)N(CC(C)(C)COC(C)=O)c3ccc(Cl)cc32)c1OC. The molecule has 9 nitrogen and oxygen atoms in total. The van der Waals surface area contributed by atoms with Crippen LogP contribution in [0, 0.1) is 5.41 Å². The van der Waals surface area contributed by atoms with Crippen LogP contribution < -0.4 is 20.1 Å². The number of thiocarbonyl (C=S) groups is 1. The van der Waals surface area contributed by atoms with Crippen LogP contribution >= 0.6 is 23.8 Å². The monoisotopic (exact) mass is 678 g/mol. The van der Waals surface area contributed by atoms with Crippen LogP contribution in [0.3, 0.4) is 0 Å². The van der Waals surface area contributed by atoms with Gasteiger partial charge in [0.15, 0.2) is 19.8 Å². The zero-order valence-corrected chi connectivity index (χ0v) is 30.6. The molecule has 3 atom stereocenters. The number of halogens is 1. The summed E-state index contributed by atoms with van der Waals surface area (Å²) in [5, 5.41) is 0.345.